The lowest BCUT2D eigenvalue weighted by Gasteiger charge is -2.55. The van der Waals surface area contributed by atoms with E-state index in [0.29, 0.717) is 6.54 Å². The van der Waals surface area contributed by atoms with Crippen LogP contribution in [0.25, 0.3) is 0 Å². The van der Waals surface area contributed by atoms with Gasteiger partial charge in [0.1, 0.15) is 0 Å². The van der Waals surface area contributed by atoms with Crippen LogP contribution in [0.3, 0.4) is 0 Å². The van der Waals surface area contributed by atoms with Gasteiger partial charge >= 0.3 is 0 Å². The molecule has 1 unspecified atom stereocenters. The van der Waals surface area contributed by atoms with Crippen molar-refractivity contribution in [2.45, 2.75) is 51.0 Å². The summed E-state index contributed by atoms with van der Waals surface area (Å²) in [6, 6.07) is 0. The van der Waals surface area contributed by atoms with Crippen molar-refractivity contribution in [1.82, 2.24) is 0 Å². The number of rotatable bonds is 3. The van der Waals surface area contributed by atoms with E-state index in [1.165, 1.54) is 32.1 Å². The zero-order chi connectivity index (χ0) is 11.3. The lowest BCUT2D eigenvalue weighted by Crippen LogP contribution is -2.52. The minimum absolute atomic E-state index is 0.125. The molecule has 4 N–H and O–H groups in total. The summed E-state index contributed by atoms with van der Waals surface area (Å²) in [6.45, 7) is 2.77. The summed E-state index contributed by atoms with van der Waals surface area (Å²) in [4.78, 5) is 0. The molecule has 0 radical (unpaired) electrons. The molecule has 0 aliphatic heterocycles. The molecule has 0 heterocycles. The van der Waals surface area contributed by atoms with E-state index >= 15 is 0 Å². The minimum Gasteiger partial charge on any atom is -0.329 e. The van der Waals surface area contributed by atoms with E-state index in [-0.39, 0.29) is 5.54 Å². The quantitative estimate of drug-likeness (QED) is 0.768. The first-order chi connectivity index (χ1) is 7.57. The van der Waals surface area contributed by atoms with Crippen molar-refractivity contribution in [2.75, 3.05) is 6.54 Å². The highest BCUT2D eigenvalue weighted by Gasteiger charge is 2.48. The van der Waals surface area contributed by atoms with Gasteiger partial charge in [0.2, 0.25) is 0 Å². The summed E-state index contributed by atoms with van der Waals surface area (Å²) in [6.07, 6.45) is 8.70. The van der Waals surface area contributed by atoms with Gasteiger partial charge in [0, 0.05) is 12.1 Å². The molecule has 4 rings (SSSR count). The molecule has 4 fully saturated rings. The van der Waals surface area contributed by atoms with E-state index in [1.54, 1.807) is 0 Å². The highest BCUT2D eigenvalue weighted by atomic mass is 14.8. The fraction of sp³-hybridized carbons (Fsp3) is 1.00. The van der Waals surface area contributed by atoms with Crippen molar-refractivity contribution in [2.24, 2.45) is 41.1 Å². The zero-order valence-corrected chi connectivity index (χ0v) is 10.5. The summed E-state index contributed by atoms with van der Waals surface area (Å²) < 4.78 is 0. The van der Waals surface area contributed by atoms with Crippen molar-refractivity contribution < 1.29 is 0 Å². The first-order valence-electron chi connectivity index (χ1n) is 7.06. The van der Waals surface area contributed by atoms with E-state index in [0.717, 1.165) is 36.0 Å². The molecule has 0 spiro atoms. The van der Waals surface area contributed by atoms with E-state index in [9.17, 15) is 0 Å². The van der Waals surface area contributed by atoms with Crippen LogP contribution in [-0.4, -0.2) is 12.1 Å². The smallest absolute Gasteiger partial charge is 0.0252 e. The van der Waals surface area contributed by atoms with E-state index < -0.39 is 0 Å². The van der Waals surface area contributed by atoms with Gasteiger partial charge in [0.25, 0.3) is 0 Å². The molecule has 4 bridgehead atoms. The summed E-state index contributed by atoms with van der Waals surface area (Å²) in [7, 11) is 0. The molecule has 1 atom stereocenters. The van der Waals surface area contributed by atoms with Crippen LogP contribution in [0.15, 0.2) is 0 Å². The molecule has 2 heteroatoms. The molecule has 0 aromatic rings. The Labute approximate surface area is 99.1 Å². The van der Waals surface area contributed by atoms with Gasteiger partial charge in [-0.2, -0.15) is 0 Å². The molecule has 2 nitrogen and oxygen atoms in total. The Morgan fingerprint density at radius 3 is 1.94 bits per heavy atom. The molecule has 0 amide bonds. The average molecular weight is 222 g/mol. The van der Waals surface area contributed by atoms with E-state index in [4.69, 9.17) is 11.5 Å². The fourth-order valence-corrected chi connectivity index (χ4v) is 4.99. The summed E-state index contributed by atoms with van der Waals surface area (Å²) in [5.41, 5.74) is 11.9. The van der Waals surface area contributed by atoms with Gasteiger partial charge in [-0.15, -0.1) is 0 Å². The highest BCUT2D eigenvalue weighted by Crippen LogP contribution is 2.57. The number of hydrogen-bond acceptors (Lipinski definition) is 2. The van der Waals surface area contributed by atoms with Gasteiger partial charge in [-0.05, 0) is 75.0 Å². The van der Waals surface area contributed by atoms with Crippen LogP contribution in [-0.2, 0) is 0 Å². The minimum atomic E-state index is -0.125. The third kappa shape index (κ3) is 1.80. The third-order valence-corrected chi connectivity index (χ3v) is 5.59. The van der Waals surface area contributed by atoms with Crippen molar-refractivity contribution in [3.8, 4) is 0 Å². The first kappa shape index (κ1) is 11.0. The monoisotopic (exact) mass is 222 g/mol. The topological polar surface area (TPSA) is 52.0 Å². The maximum absolute atomic E-state index is 6.27. The van der Waals surface area contributed by atoms with Gasteiger partial charge in [-0.3, -0.25) is 0 Å². The molecule has 0 aromatic heterocycles. The molecular formula is C14H26N2. The van der Waals surface area contributed by atoms with Crippen LogP contribution in [0.5, 0.6) is 0 Å². The van der Waals surface area contributed by atoms with Crippen LogP contribution in [0.1, 0.15) is 45.4 Å². The number of nitrogens with two attached hydrogens (primary N) is 2. The Balaban J connectivity index is 1.72. The standard InChI is InChI=1S/C14H26N2/c1-14(16,8-15)7-13-11-3-9-2-10(5-11)6-12(13)4-9/h9-13H,2-8,15-16H2,1H3. The van der Waals surface area contributed by atoms with Crippen molar-refractivity contribution in [3.63, 3.8) is 0 Å². The fourth-order valence-electron chi connectivity index (χ4n) is 4.99. The maximum atomic E-state index is 6.27. The Kier molecular flexibility index (Phi) is 2.56. The molecule has 4 aliphatic rings. The Bertz CT molecular complexity index is 244. The molecule has 92 valence electrons. The maximum Gasteiger partial charge on any atom is 0.0252 e. The lowest BCUT2D eigenvalue weighted by atomic mass is 9.50. The van der Waals surface area contributed by atoms with E-state index in [1.807, 2.05) is 0 Å². The predicted molar refractivity (Wildman–Crippen MR) is 66.8 cm³/mol. The van der Waals surface area contributed by atoms with Crippen molar-refractivity contribution in [3.05, 3.63) is 0 Å². The first-order valence-corrected chi connectivity index (χ1v) is 7.06. The third-order valence-electron chi connectivity index (χ3n) is 5.59. The van der Waals surface area contributed by atoms with Gasteiger partial charge in [-0.1, -0.05) is 0 Å². The van der Waals surface area contributed by atoms with Crippen LogP contribution in [0.2, 0.25) is 0 Å². The number of hydrogen-bond donors (Lipinski definition) is 2. The second-order valence-electron chi connectivity index (χ2n) is 7.16. The Hall–Kier alpha value is -0.0800. The van der Waals surface area contributed by atoms with E-state index in [2.05, 4.69) is 6.92 Å². The molecule has 4 aliphatic carbocycles. The molecule has 16 heavy (non-hydrogen) atoms. The Morgan fingerprint density at radius 1 is 1.00 bits per heavy atom. The van der Waals surface area contributed by atoms with Gasteiger partial charge in [-0.25, -0.2) is 0 Å². The van der Waals surface area contributed by atoms with Crippen LogP contribution >= 0.6 is 0 Å². The SMILES string of the molecule is CC(N)(CN)CC1C2CC3CC(C2)CC1C3. The van der Waals surface area contributed by atoms with Crippen LogP contribution in [0.4, 0.5) is 0 Å². The zero-order valence-electron chi connectivity index (χ0n) is 10.5. The largest absolute Gasteiger partial charge is 0.329 e. The normalized spacial score (nSPS) is 49.3. The molecule has 0 aromatic carbocycles. The second-order valence-corrected chi connectivity index (χ2v) is 7.16. The summed E-state index contributed by atoms with van der Waals surface area (Å²) in [5, 5.41) is 0. The summed E-state index contributed by atoms with van der Waals surface area (Å²) >= 11 is 0. The van der Waals surface area contributed by atoms with Crippen LogP contribution in [0, 0.1) is 29.6 Å². The lowest BCUT2D eigenvalue weighted by molar-refractivity contribution is -0.0464. The average Bonchev–Trinajstić information content (AvgIpc) is 2.22. The molecule has 4 saturated carbocycles. The molecule has 0 saturated heterocycles. The highest BCUT2D eigenvalue weighted by molar-refractivity contribution is 5.00. The van der Waals surface area contributed by atoms with Gasteiger partial charge in [0.05, 0.1) is 0 Å². The molecular weight excluding hydrogens is 196 g/mol. The summed E-state index contributed by atoms with van der Waals surface area (Å²) in [5.74, 6) is 5.02. The Morgan fingerprint density at radius 2 is 1.50 bits per heavy atom. The van der Waals surface area contributed by atoms with Crippen LogP contribution < -0.4 is 11.5 Å². The van der Waals surface area contributed by atoms with Crippen molar-refractivity contribution in [1.29, 1.82) is 0 Å². The van der Waals surface area contributed by atoms with Gasteiger partial charge in [0.15, 0.2) is 0 Å². The van der Waals surface area contributed by atoms with Gasteiger partial charge < -0.3 is 11.5 Å². The predicted octanol–water partition coefficient (Wildman–Crippen LogP) is 2.12. The second kappa shape index (κ2) is 3.71. The van der Waals surface area contributed by atoms with Crippen molar-refractivity contribution >= 4 is 0 Å².